The highest BCUT2D eigenvalue weighted by molar-refractivity contribution is 7.76. The van der Waals surface area contributed by atoms with E-state index in [0.717, 1.165) is 6.42 Å². The van der Waals surface area contributed by atoms with Gasteiger partial charge in [-0.1, -0.05) is 6.92 Å². The van der Waals surface area contributed by atoms with E-state index in [2.05, 4.69) is 0 Å². The van der Waals surface area contributed by atoms with Gasteiger partial charge in [-0.3, -0.25) is 4.55 Å². The molecule has 1 unspecified atom stereocenters. The molecule has 0 aliphatic carbocycles. The second-order valence-corrected chi connectivity index (χ2v) is 2.67. The first-order valence-electron chi connectivity index (χ1n) is 2.50. The number of hydrogen-bond acceptors (Lipinski definition) is 1. The third kappa shape index (κ3) is 3.12. The molecule has 0 aromatic carbocycles. The highest BCUT2D eigenvalue weighted by Crippen LogP contribution is 1.87. The normalized spacial score (nSPS) is 14.5. The molecular weight excluding hydrogens is 126 g/mol. The number of hydrogen-bond donors (Lipinski definition) is 1. The van der Waals surface area contributed by atoms with Crippen molar-refractivity contribution in [2.24, 2.45) is 0 Å². The van der Waals surface area contributed by atoms with Gasteiger partial charge >= 0.3 is 0 Å². The summed E-state index contributed by atoms with van der Waals surface area (Å²) in [5.74, 6) is 0. The monoisotopic (exact) mass is 137 g/mol. The first kappa shape index (κ1) is 8.07. The van der Waals surface area contributed by atoms with Crippen LogP contribution in [0.3, 0.4) is 0 Å². The Morgan fingerprint density at radius 2 is 2.25 bits per heavy atom. The molecule has 0 saturated carbocycles. The van der Waals surface area contributed by atoms with Crippen LogP contribution < -0.4 is 0 Å². The Morgan fingerprint density at radius 1 is 1.75 bits per heavy atom. The molecule has 0 aliphatic heterocycles. The summed E-state index contributed by atoms with van der Waals surface area (Å²) in [4.78, 5) is 0. The van der Waals surface area contributed by atoms with Crippen molar-refractivity contribution in [3.63, 3.8) is 0 Å². The maximum atomic E-state index is 10.1. The molecule has 0 radical (unpaired) electrons. The van der Waals surface area contributed by atoms with Crippen molar-refractivity contribution < 1.29 is 8.76 Å². The Bertz CT molecular complexity index is 86.1. The fraction of sp³-hybridized carbons (Fsp3) is 1.00. The van der Waals surface area contributed by atoms with Crippen LogP contribution in [0.25, 0.3) is 0 Å². The molecule has 0 heterocycles. The lowest BCUT2D eigenvalue weighted by Crippen LogP contribution is -2.20. The Balaban J connectivity index is 3.32. The average molecular weight is 137 g/mol. The quantitative estimate of drug-likeness (QED) is 0.574. The van der Waals surface area contributed by atoms with Crippen molar-refractivity contribution in [1.29, 1.82) is 0 Å². The molecule has 0 bridgehead atoms. The molecule has 0 amide bonds. The summed E-state index contributed by atoms with van der Waals surface area (Å²) in [6.07, 6.45) is 0.906. The van der Waals surface area contributed by atoms with Crippen molar-refractivity contribution in [2.75, 3.05) is 13.6 Å². The van der Waals surface area contributed by atoms with Crippen LogP contribution >= 0.6 is 0 Å². The largest absolute Gasteiger partial charge is 0.294 e. The van der Waals surface area contributed by atoms with E-state index in [1.807, 2.05) is 6.92 Å². The Hall–Kier alpha value is 0.0700. The third-order valence-corrected chi connectivity index (χ3v) is 1.52. The van der Waals surface area contributed by atoms with Gasteiger partial charge in [0.05, 0.1) is 0 Å². The standard InChI is InChI=1S/C4H11NO2S/c1-3-4-5(2)8(6)7/h3-4H2,1-2H3,(H,6,7). The third-order valence-electron chi connectivity index (χ3n) is 0.805. The zero-order chi connectivity index (χ0) is 6.57. The van der Waals surface area contributed by atoms with Gasteiger partial charge in [0.15, 0.2) is 0 Å². The zero-order valence-corrected chi connectivity index (χ0v) is 5.94. The molecule has 4 heteroatoms. The van der Waals surface area contributed by atoms with Gasteiger partial charge in [0.25, 0.3) is 0 Å². The molecule has 3 nitrogen and oxygen atoms in total. The molecule has 1 N–H and O–H groups in total. The number of nitrogens with zero attached hydrogens (tertiary/aromatic N) is 1. The van der Waals surface area contributed by atoms with Gasteiger partial charge in [-0.05, 0) is 6.42 Å². The first-order valence-corrected chi connectivity index (χ1v) is 3.57. The van der Waals surface area contributed by atoms with Gasteiger partial charge in [-0.2, -0.15) is 0 Å². The minimum Gasteiger partial charge on any atom is -0.294 e. The van der Waals surface area contributed by atoms with Gasteiger partial charge in [-0.15, -0.1) is 0 Å². The topological polar surface area (TPSA) is 40.5 Å². The first-order chi connectivity index (χ1) is 3.68. The lowest BCUT2D eigenvalue weighted by atomic mass is 10.5. The number of rotatable bonds is 3. The predicted octanol–water partition coefficient (Wildman–Crippen LogP) is 0.465. The molecule has 0 saturated heterocycles. The van der Waals surface area contributed by atoms with Crippen LogP contribution in [0.5, 0.6) is 0 Å². The smallest absolute Gasteiger partial charge is 0.234 e. The van der Waals surface area contributed by atoms with E-state index < -0.39 is 11.3 Å². The van der Waals surface area contributed by atoms with Gasteiger partial charge in [0.2, 0.25) is 11.3 Å². The molecule has 0 spiro atoms. The minimum absolute atomic E-state index is 0.670. The van der Waals surface area contributed by atoms with Crippen molar-refractivity contribution in [1.82, 2.24) is 4.31 Å². The molecule has 0 aliphatic rings. The van der Waals surface area contributed by atoms with E-state index in [4.69, 9.17) is 4.55 Å². The van der Waals surface area contributed by atoms with Gasteiger partial charge in [0, 0.05) is 13.6 Å². The van der Waals surface area contributed by atoms with Crippen LogP contribution in [0.4, 0.5) is 0 Å². The van der Waals surface area contributed by atoms with Crippen molar-refractivity contribution in [3.8, 4) is 0 Å². The summed E-state index contributed by atoms with van der Waals surface area (Å²) < 4.78 is 19.9. The predicted molar refractivity (Wildman–Crippen MR) is 33.7 cm³/mol. The molecule has 0 aromatic rings. The van der Waals surface area contributed by atoms with E-state index in [0.29, 0.717) is 6.54 Å². The summed E-state index contributed by atoms with van der Waals surface area (Å²) in [7, 11) is 1.61. The van der Waals surface area contributed by atoms with Crippen LogP contribution in [-0.2, 0) is 11.3 Å². The SMILES string of the molecule is CCCN(C)S(=O)O. The Morgan fingerprint density at radius 3 is 2.38 bits per heavy atom. The van der Waals surface area contributed by atoms with Crippen molar-refractivity contribution in [3.05, 3.63) is 0 Å². The summed E-state index contributed by atoms with van der Waals surface area (Å²) in [5, 5.41) is 0. The molecule has 8 heavy (non-hydrogen) atoms. The van der Waals surface area contributed by atoms with E-state index in [1.165, 1.54) is 4.31 Å². The highest BCUT2D eigenvalue weighted by Gasteiger charge is 1.99. The highest BCUT2D eigenvalue weighted by atomic mass is 32.2. The lowest BCUT2D eigenvalue weighted by Gasteiger charge is -2.07. The molecular formula is C4H11NO2S. The molecule has 0 rings (SSSR count). The van der Waals surface area contributed by atoms with Crippen LogP contribution in [0.1, 0.15) is 13.3 Å². The molecule has 0 fully saturated rings. The van der Waals surface area contributed by atoms with E-state index >= 15 is 0 Å². The van der Waals surface area contributed by atoms with Crippen LogP contribution in [0, 0.1) is 0 Å². The lowest BCUT2D eigenvalue weighted by molar-refractivity contribution is 0.447. The van der Waals surface area contributed by atoms with Gasteiger partial charge in [0.1, 0.15) is 0 Å². The summed E-state index contributed by atoms with van der Waals surface area (Å²) >= 11 is -1.78. The van der Waals surface area contributed by atoms with Crippen molar-refractivity contribution >= 4 is 11.3 Å². The Labute approximate surface area is 52.1 Å². The minimum atomic E-state index is -1.78. The zero-order valence-electron chi connectivity index (χ0n) is 5.13. The molecule has 50 valence electrons. The van der Waals surface area contributed by atoms with E-state index in [1.54, 1.807) is 7.05 Å². The van der Waals surface area contributed by atoms with Crippen LogP contribution in [0.15, 0.2) is 0 Å². The van der Waals surface area contributed by atoms with Crippen LogP contribution in [-0.4, -0.2) is 26.7 Å². The summed E-state index contributed by atoms with van der Waals surface area (Å²) in [5.41, 5.74) is 0. The molecule has 0 aromatic heterocycles. The van der Waals surface area contributed by atoms with E-state index in [-0.39, 0.29) is 0 Å². The maximum absolute atomic E-state index is 10.1. The second kappa shape index (κ2) is 4.00. The fourth-order valence-electron chi connectivity index (χ4n) is 0.393. The fourth-order valence-corrected chi connectivity index (χ4v) is 0.732. The second-order valence-electron chi connectivity index (χ2n) is 1.58. The van der Waals surface area contributed by atoms with Gasteiger partial charge < -0.3 is 0 Å². The summed E-state index contributed by atoms with van der Waals surface area (Å²) in [6, 6.07) is 0. The maximum Gasteiger partial charge on any atom is 0.234 e. The van der Waals surface area contributed by atoms with E-state index in [9.17, 15) is 4.21 Å². The Kier molecular flexibility index (Phi) is 4.03. The van der Waals surface area contributed by atoms with Crippen LogP contribution in [0.2, 0.25) is 0 Å². The molecule has 1 atom stereocenters. The summed E-state index contributed by atoms with van der Waals surface area (Å²) in [6.45, 7) is 2.63. The van der Waals surface area contributed by atoms with Gasteiger partial charge in [-0.25, -0.2) is 8.51 Å². The average Bonchev–Trinajstić information content (AvgIpc) is 1.67. The van der Waals surface area contributed by atoms with Crippen molar-refractivity contribution in [2.45, 2.75) is 13.3 Å².